The molecular formula is C11H14N2O. The molecule has 1 heterocycles. The fraction of sp³-hybridized carbons (Fsp3) is 0.455. The molecule has 2 rings (SSSR count). The van der Waals surface area contributed by atoms with E-state index in [9.17, 15) is 4.79 Å². The zero-order valence-electron chi connectivity index (χ0n) is 8.15. The van der Waals surface area contributed by atoms with Crippen molar-refractivity contribution in [3.8, 4) is 0 Å². The Hall–Kier alpha value is -1.38. The fourth-order valence-electron chi connectivity index (χ4n) is 1.67. The number of ketones is 1. The average molecular weight is 190 g/mol. The van der Waals surface area contributed by atoms with E-state index in [4.69, 9.17) is 0 Å². The third kappa shape index (κ3) is 2.10. The van der Waals surface area contributed by atoms with Crippen LogP contribution in [0.4, 0.5) is 0 Å². The van der Waals surface area contributed by atoms with E-state index >= 15 is 0 Å². The van der Waals surface area contributed by atoms with Crippen molar-refractivity contribution < 1.29 is 4.79 Å². The number of nitrogens with zero attached hydrogens (tertiary/aromatic N) is 2. The second kappa shape index (κ2) is 4.22. The quantitative estimate of drug-likeness (QED) is 0.587. The first kappa shape index (κ1) is 9.19. The predicted molar refractivity (Wildman–Crippen MR) is 56.1 cm³/mol. The Kier molecular flexibility index (Phi) is 2.77. The molecule has 0 N–H and O–H groups in total. The molecule has 0 amide bonds. The van der Waals surface area contributed by atoms with E-state index in [-0.39, 0.29) is 5.78 Å². The smallest absolute Gasteiger partial charge is 0.205 e. The molecule has 0 atom stereocenters. The molecule has 1 aliphatic heterocycles. The Balaban J connectivity index is 2.05. The van der Waals surface area contributed by atoms with Crippen molar-refractivity contribution >= 4 is 11.5 Å². The zero-order valence-corrected chi connectivity index (χ0v) is 8.15. The molecule has 0 unspecified atom stereocenters. The van der Waals surface area contributed by atoms with Crippen LogP contribution in [0.1, 0.15) is 19.3 Å². The van der Waals surface area contributed by atoms with E-state index < -0.39 is 0 Å². The Labute approximate surface area is 83.8 Å². The molecule has 0 spiro atoms. The van der Waals surface area contributed by atoms with E-state index in [1.54, 1.807) is 18.2 Å². The monoisotopic (exact) mass is 190 g/mol. The van der Waals surface area contributed by atoms with Crippen molar-refractivity contribution in [3.05, 3.63) is 24.3 Å². The summed E-state index contributed by atoms with van der Waals surface area (Å²) in [5.41, 5.74) is 0.564. The lowest BCUT2D eigenvalue weighted by atomic mass is 10.1. The number of carbonyl (C=O) groups excluding carboxylic acids is 1. The number of allylic oxidation sites excluding steroid dienone is 4. The van der Waals surface area contributed by atoms with Crippen LogP contribution in [-0.4, -0.2) is 29.6 Å². The molecule has 0 aromatic heterocycles. The van der Waals surface area contributed by atoms with Gasteiger partial charge in [-0.1, -0.05) is 12.2 Å². The van der Waals surface area contributed by atoms with E-state index in [1.807, 2.05) is 11.1 Å². The molecule has 0 radical (unpaired) electrons. The van der Waals surface area contributed by atoms with Gasteiger partial charge in [0.05, 0.1) is 0 Å². The molecule has 3 heteroatoms. The largest absolute Gasteiger partial charge is 0.296 e. The molecular weight excluding hydrogens is 176 g/mol. The standard InChI is InChI=1S/C11H14N2O/c14-11-7-3-2-6-10(11)12-13-8-4-1-5-9-13/h2-3,6-7H,1,4-5,8-9H2. The highest BCUT2D eigenvalue weighted by Crippen LogP contribution is 2.09. The van der Waals surface area contributed by atoms with Crippen LogP contribution in [0.3, 0.4) is 0 Å². The Morgan fingerprint density at radius 3 is 2.50 bits per heavy atom. The highest BCUT2D eigenvalue weighted by Gasteiger charge is 2.12. The van der Waals surface area contributed by atoms with Crippen molar-refractivity contribution in [3.63, 3.8) is 0 Å². The van der Waals surface area contributed by atoms with Gasteiger partial charge < -0.3 is 0 Å². The van der Waals surface area contributed by atoms with Gasteiger partial charge in [0.15, 0.2) is 0 Å². The summed E-state index contributed by atoms with van der Waals surface area (Å²) in [5.74, 6) is 0.0121. The van der Waals surface area contributed by atoms with Crippen LogP contribution in [0.5, 0.6) is 0 Å². The van der Waals surface area contributed by atoms with Gasteiger partial charge in [-0.2, -0.15) is 5.10 Å². The van der Waals surface area contributed by atoms with E-state index in [0.717, 1.165) is 13.1 Å². The minimum atomic E-state index is 0.0121. The van der Waals surface area contributed by atoms with Gasteiger partial charge in [0.1, 0.15) is 5.71 Å². The Morgan fingerprint density at radius 2 is 1.79 bits per heavy atom. The van der Waals surface area contributed by atoms with E-state index in [1.165, 1.54) is 19.3 Å². The number of rotatable bonds is 1. The maximum Gasteiger partial charge on any atom is 0.205 e. The van der Waals surface area contributed by atoms with Crippen LogP contribution in [0.15, 0.2) is 29.4 Å². The van der Waals surface area contributed by atoms with Crippen molar-refractivity contribution in [1.29, 1.82) is 0 Å². The van der Waals surface area contributed by atoms with E-state index in [2.05, 4.69) is 5.10 Å². The van der Waals surface area contributed by atoms with Gasteiger partial charge in [-0.15, -0.1) is 0 Å². The van der Waals surface area contributed by atoms with Crippen LogP contribution in [0, 0.1) is 0 Å². The summed E-state index contributed by atoms with van der Waals surface area (Å²) in [6.07, 6.45) is 10.6. The SMILES string of the molecule is O=C1C=CC=CC1=NN1CCCCC1. The Bertz CT molecular complexity index is 309. The van der Waals surface area contributed by atoms with Crippen molar-refractivity contribution in [2.24, 2.45) is 5.10 Å². The number of carbonyl (C=O) groups is 1. The van der Waals surface area contributed by atoms with Gasteiger partial charge in [-0.3, -0.25) is 9.80 Å². The number of hydrazone groups is 1. The first-order chi connectivity index (χ1) is 6.86. The average Bonchev–Trinajstić information content (AvgIpc) is 2.23. The van der Waals surface area contributed by atoms with Crippen LogP contribution in [-0.2, 0) is 4.79 Å². The lowest BCUT2D eigenvalue weighted by molar-refractivity contribution is -0.108. The third-order valence-electron chi connectivity index (χ3n) is 2.45. The number of piperidine rings is 1. The highest BCUT2D eigenvalue weighted by molar-refractivity contribution is 6.48. The summed E-state index contributed by atoms with van der Waals surface area (Å²) in [7, 11) is 0. The first-order valence-electron chi connectivity index (χ1n) is 5.09. The van der Waals surface area contributed by atoms with Crippen LogP contribution in [0.2, 0.25) is 0 Å². The van der Waals surface area contributed by atoms with Crippen LogP contribution >= 0.6 is 0 Å². The van der Waals surface area contributed by atoms with Crippen molar-refractivity contribution in [1.82, 2.24) is 5.01 Å². The fourth-order valence-corrected chi connectivity index (χ4v) is 1.67. The normalized spacial score (nSPS) is 24.7. The molecule has 0 aromatic carbocycles. The summed E-state index contributed by atoms with van der Waals surface area (Å²) in [4.78, 5) is 11.4. The van der Waals surface area contributed by atoms with Gasteiger partial charge in [0.25, 0.3) is 0 Å². The number of hydrogen-bond donors (Lipinski definition) is 0. The molecule has 0 aromatic rings. The predicted octanol–water partition coefficient (Wildman–Crippen LogP) is 1.52. The topological polar surface area (TPSA) is 32.7 Å². The molecule has 3 nitrogen and oxygen atoms in total. The molecule has 2 aliphatic rings. The minimum absolute atomic E-state index is 0.0121. The van der Waals surface area contributed by atoms with Crippen LogP contribution < -0.4 is 0 Å². The summed E-state index contributed by atoms with van der Waals surface area (Å²) in [6.45, 7) is 1.96. The van der Waals surface area contributed by atoms with Crippen LogP contribution in [0.25, 0.3) is 0 Å². The summed E-state index contributed by atoms with van der Waals surface area (Å²) in [6, 6.07) is 0. The lowest BCUT2D eigenvalue weighted by Crippen LogP contribution is -2.27. The molecule has 0 saturated carbocycles. The second-order valence-corrected chi connectivity index (χ2v) is 3.58. The number of hydrogen-bond acceptors (Lipinski definition) is 3. The van der Waals surface area contributed by atoms with Gasteiger partial charge in [0.2, 0.25) is 5.78 Å². The minimum Gasteiger partial charge on any atom is -0.296 e. The lowest BCUT2D eigenvalue weighted by Gasteiger charge is -2.24. The van der Waals surface area contributed by atoms with Gasteiger partial charge in [0, 0.05) is 13.1 Å². The third-order valence-corrected chi connectivity index (χ3v) is 2.45. The maximum atomic E-state index is 11.4. The molecule has 1 saturated heterocycles. The summed E-state index contributed by atoms with van der Waals surface area (Å²) in [5, 5.41) is 6.34. The van der Waals surface area contributed by atoms with Gasteiger partial charge in [-0.05, 0) is 31.4 Å². The summed E-state index contributed by atoms with van der Waals surface area (Å²) < 4.78 is 0. The Morgan fingerprint density at radius 1 is 1.07 bits per heavy atom. The maximum absolute atomic E-state index is 11.4. The molecule has 0 bridgehead atoms. The summed E-state index contributed by atoms with van der Waals surface area (Å²) >= 11 is 0. The molecule has 74 valence electrons. The van der Waals surface area contributed by atoms with Gasteiger partial charge in [-0.25, -0.2) is 0 Å². The van der Waals surface area contributed by atoms with E-state index in [0.29, 0.717) is 5.71 Å². The highest BCUT2D eigenvalue weighted by atomic mass is 16.1. The second-order valence-electron chi connectivity index (χ2n) is 3.58. The van der Waals surface area contributed by atoms with Crippen molar-refractivity contribution in [2.75, 3.05) is 13.1 Å². The first-order valence-corrected chi connectivity index (χ1v) is 5.09. The zero-order chi connectivity index (χ0) is 9.80. The molecule has 14 heavy (non-hydrogen) atoms. The molecule has 1 aliphatic carbocycles. The molecule has 1 fully saturated rings. The van der Waals surface area contributed by atoms with Crippen molar-refractivity contribution in [2.45, 2.75) is 19.3 Å². The van der Waals surface area contributed by atoms with Gasteiger partial charge >= 0.3 is 0 Å².